The van der Waals surface area contributed by atoms with Gasteiger partial charge in [0.2, 0.25) is 5.91 Å². The number of hydrogen-bond donors (Lipinski definition) is 0. The maximum atomic E-state index is 13.0. The Morgan fingerprint density at radius 3 is 2.68 bits per heavy atom. The maximum absolute atomic E-state index is 13.0. The first-order valence-electron chi connectivity index (χ1n) is 9.74. The summed E-state index contributed by atoms with van der Waals surface area (Å²) in [7, 11) is 0. The lowest BCUT2D eigenvalue weighted by molar-refractivity contribution is -0.153. The highest BCUT2D eigenvalue weighted by Gasteiger charge is 2.36. The number of anilines is 1. The number of benzene rings is 1. The molecule has 164 valence electrons. The van der Waals surface area contributed by atoms with Crippen molar-refractivity contribution in [1.29, 1.82) is 0 Å². The fraction of sp³-hybridized carbons (Fsp3) is 0.381. The summed E-state index contributed by atoms with van der Waals surface area (Å²) in [5, 5.41) is 0.0304. The molecule has 0 spiro atoms. The minimum Gasteiger partial charge on any atom is -0.483 e. The second-order valence-electron chi connectivity index (χ2n) is 7.51. The lowest BCUT2D eigenvalue weighted by Crippen LogP contribution is -2.28. The van der Waals surface area contributed by atoms with Crippen molar-refractivity contribution in [1.82, 2.24) is 9.88 Å². The molecule has 2 aliphatic rings. The molecule has 1 aromatic heterocycles. The Morgan fingerprint density at radius 2 is 2.03 bits per heavy atom. The zero-order valence-electron chi connectivity index (χ0n) is 16.6. The van der Waals surface area contributed by atoms with Gasteiger partial charge in [0.05, 0.1) is 17.6 Å². The number of hydrogen-bond acceptors (Lipinski definition) is 4. The van der Waals surface area contributed by atoms with Gasteiger partial charge in [-0.1, -0.05) is 17.7 Å². The summed E-state index contributed by atoms with van der Waals surface area (Å²) >= 11 is 6.11. The number of aromatic nitrogens is 1. The zero-order valence-corrected chi connectivity index (χ0v) is 17.3. The predicted molar refractivity (Wildman–Crippen MR) is 107 cm³/mol. The van der Waals surface area contributed by atoms with E-state index in [0.717, 1.165) is 6.42 Å². The van der Waals surface area contributed by atoms with Crippen LogP contribution in [0.4, 0.5) is 19.0 Å². The molecule has 1 saturated heterocycles. The predicted octanol–water partition coefficient (Wildman–Crippen LogP) is 4.52. The largest absolute Gasteiger partial charge is 0.483 e. The van der Waals surface area contributed by atoms with E-state index < -0.39 is 18.8 Å². The molecular formula is C21H19ClF3N3O3. The number of alkyl halides is 3. The molecule has 0 aliphatic carbocycles. The lowest BCUT2D eigenvalue weighted by Gasteiger charge is -2.25. The topological polar surface area (TPSA) is 62.7 Å². The average molecular weight is 454 g/mol. The molecular weight excluding hydrogens is 435 g/mol. The summed E-state index contributed by atoms with van der Waals surface area (Å²) in [6, 6.07) is 5.68. The molecule has 2 aliphatic heterocycles. The normalized spacial score (nSPS) is 17.3. The summed E-state index contributed by atoms with van der Waals surface area (Å²) in [6.45, 7) is 1.21. The highest BCUT2D eigenvalue weighted by atomic mass is 35.5. The number of amides is 2. The number of halogens is 4. The van der Waals surface area contributed by atoms with Gasteiger partial charge in [-0.3, -0.25) is 14.5 Å². The van der Waals surface area contributed by atoms with Crippen LogP contribution in [-0.4, -0.2) is 41.0 Å². The van der Waals surface area contributed by atoms with Crippen molar-refractivity contribution in [3.8, 4) is 5.75 Å². The summed E-state index contributed by atoms with van der Waals surface area (Å²) < 4.78 is 41.9. The third-order valence-electron chi connectivity index (χ3n) is 5.48. The zero-order chi connectivity index (χ0) is 22.3. The van der Waals surface area contributed by atoms with Crippen LogP contribution in [0.5, 0.6) is 5.75 Å². The van der Waals surface area contributed by atoms with Crippen LogP contribution in [-0.2, 0) is 11.3 Å². The van der Waals surface area contributed by atoms with Gasteiger partial charge >= 0.3 is 6.18 Å². The average Bonchev–Trinajstić information content (AvgIpc) is 3.29. The first kappa shape index (κ1) is 21.4. The molecule has 10 heteroatoms. The first-order chi connectivity index (χ1) is 14.7. The standard InChI is InChI=1S/C21H19ClF3N3O3/c1-12(13-4-5-17(16(22)9-13)31-11-21(23,24)25)28-10-15-14(20(28)30)6-7-26-19(15)27-8-2-3-18(27)29/h4-7,9,12H,2-3,8,10-11H2,1H3. The van der Waals surface area contributed by atoms with E-state index >= 15 is 0 Å². The number of carbonyl (C=O) groups is 2. The van der Waals surface area contributed by atoms with Crippen molar-refractivity contribution >= 4 is 29.2 Å². The molecule has 0 N–H and O–H groups in total. The molecule has 2 amide bonds. The van der Waals surface area contributed by atoms with E-state index in [4.69, 9.17) is 16.3 Å². The lowest BCUT2D eigenvalue weighted by atomic mass is 10.1. The van der Waals surface area contributed by atoms with Crippen LogP contribution < -0.4 is 9.64 Å². The second-order valence-corrected chi connectivity index (χ2v) is 7.92. The van der Waals surface area contributed by atoms with E-state index in [1.54, 1.807) is 28.9 Å². The van der Waals surface area contributed by atoms with Crippen molar-refractivity contribution < 1.29 is 27.5 Å². The summed E-state index contributed by atoms with van der Waals surface area (Å²) in [4.78, 5) is 32.8. The summed E-state index contributed by atoms with van der Waals surface area (Å²) in [5.41, 5.74) is 1.84. The SMILES string of the molecule is CC(c1ccc(OCC(F)(F)F)c(Cl)c1)N1Cc2c(ccnc2N2CCCC2=O)C1=O. The number of rotatable bonds is 5. The Labute approximate surface area is 181 Å². The van der Waals surface area contributed by atoms with Crippen LogP contribution in [0.15, 0.2) is 30.5 Å². The van der Waals surface area contributed by atoms with Crippen LogP contribution in [0.3, 0.4) is 0 Å². The molecule has 6 nitrogen and oxygen atoms in total. The Hall–Kier alpha value is -2.81. The third-order valence-corrected chi connectivity index (χ3v) is 5.77. The fourth-order valence-electron chi connectivity index (χ4n) is 3.89. The van der Waals surface area contributed by atoms with Crippen molar-refractivity contribution in [2.45, 2.75) is 38.5 Å². The van der Waals surface area contributed by atoms with Crippen molar-refractivity contribution in [2.24, 2.45) is 0 Å². The maximum Gasteiger partial charge on any atom is 0.422 e. The van der Waals surface area contributed by atoms with E-state index in [1.165, 1.54) is 18.3 Å². The van der Waals surface area contributed by atoms with Crippen molar-refractivity contribution in [3.05, 3.63) is 52.2 Å². The van der Waals surface area contributed by atoms with Crippen LogP contribution in [0, 0.1) is 0 Å². The van der Waals surface area contributed by atoms with Gasteiger partial charge in [0, 0.05) is 30.3 Å². The van der Waals surface area contributed by atoms with Gasteiger partial charge in [-0.2, -0.15) is 13.2 Å². The van der Waals surface area contributed by atoms with Gasteiger partial charge in [0.1, 0.15) is 11.6 Å². The van der Waals surface area contributed by atoms with Crippen LogP contribution in [0.25, 0.3) is 0 Å². The Balaban J connectivity index is 1.55. The van der Waals surface area contributed by atoms with E-state index in [9.17, 15) is 22.8 Å². The number of nitrogens with zero attached hydrogens (tertiary/aromatic N) is 3. The van der Waals surface area contributed by atoms with Crippen LogP contribution in [0.1, 0.15) is 47.3 Å². The molecule has 1 fully saturated rings. The Kier molecular flexibility index (Phi) is 5.55. The van der Waals surface area contributed by atoms with Gasteiger partial charge < -0.3 is 9.64 Å². The third kappa shape index (κ3) is 4.19. The molecule has 3 heterocycles. The molecule has 1 unspecified atom stereocenters. The summed E-state index contributed by atoms with van der Waals surface area (Å²) in [5.74, 6) is 0.217. The van der Waals surface area contributed by atoms with Crippen molar-refractivity contribution in [3.63, 3.8) is 0 Å². The smallest absolute Gasteiger partial charge is 0.422 e. The first-order valence-corrected chi connectivity index (χ1v) is 10.1. The highest BCUT2D eigenvalue weighted by molar-refractivity contribution is 6.32. The molecule has 0 bridgehead atoms. The van der Waals surface area contributed by atoms with E-state index in [2.05, 4.69) is 4.98 Å². The monoisotopic (exact) mass is 453 g/mol. The molecule has 0 saturated carbocycles. The molecule has 31 heavy (non-hydrogen) atoms. The minimum atomic E-state index is -4.47. The Bertz CT molecular complexity index is 1040. The molecule has 2 aromatic rings. The molecule has 1 atom stereocenters. The number of carbonyl (C=O) groups excluding carboxylic acids is 2. The molecule has 1 aromatic carbocycles. The second kappa shape index (κ2) is 8.03. The van der Waals surface area contributed by atoms with Crippen LogP contribution >= 0.6 is 11.6 Å². The number of pyridine rings is 1. The highest BCUT2D eigenvalue weighted by Crippen LogP contribution is 2.38. The van der Waals surface area contributed by atoms with E-state index in [0.29, 0.717) is 35.5 Å². The number of ether oxygens (including phenoxy) is 1. The fourth-order valence-corrected chi connectivity index (χ4v) is 4.13. The molecule has 0 radical (unpaired) electrons. The number of fused-ring (bicyclic) bond motifs is 1. The van der Waals surface area contributed by atoms with Gasteiger partial charge in [0.25, 0.3) is 5.91 Å². The van der Waals surface area contributed by atoms with Crippen molar-refractivity contribution in [2.75, 3.05) is 18.1 Å². The van der Waals surface area contributed by atoms with Crippen LogP contribution in [0.2, 0.25) is 5.02 Å². The quantitative estimate of drug-likeness (QED) is 0.667. The van der Waals surface area contributed by atoms with Gasteiger partial charge in [0.15, 0.2) is 6.61 Å². The minimum absolute atomic E-state index is 0.0129. The Morgan fingerprint density at radius 1 is 1.26 bits per heavy atom. The van der Waals surface area contributed by atoms with E-state index in [-0.39, 0.29) is 29.1 Å². The summed E-state index contributed by atoms with van der Waals surface area (Å²) in [6.07, 6.45) is -1.73. The van der Waals surface area contributed by atoms with Gasteiger partial charge in [-0.05, 0) is 37.1 Å². The van der Waals surface area contributed by atoms with E-state index in [1.807, 2.05) is 0 Å². The molecule has 4 rings (SSSR count). The van der Waals surface area contributed by atoms with Gasteiger partial charge in [-0.15, -0.1) is 0 Å². The van der Waals surface area contributed by atoms with Gasteiger partial charge in [-0.25, -0.2) is 4.98 Å².